The Labute approximate surface area is 118 Å². The SMILES string of the molecule is CNC(C)OCCC(C)CC(OC)OC(C)(C)NC. The largest absolute Gasteiger partial charge is 0.364 e. The van der Waals surface area contributed by atoms with E-state index < -0.39 is 0 Å². The van der Waals surface area contributed by atoms with Crippen LogP contribution in [-0.2, 0) is 14.2 Å². The highest BCUT2D eigenvalue weighted by atomic mass is 16.7. The molecule has 5 nitrogen and oxygen atoms in total. The van der Waals surface area contributed by atoms with Crippen molar-refractivity contribution >= 4 is 0 Å². The lowest BCUT2D eigenvalue weighted by atomic mass is 10.0. The summed E-state index contributed by atoms with van der Waals surface area (Å²) in [4.78, 5) is 0. The van der Waals surface area contributed by atoms with Gasteiger partial charge in [0.15, 0.2) is 6.29 Å². The lowest BCUT2D eigenvalue weighted by molar-refractivity contribution is -0.203. The average molecular weight is 276 g/mol. The average Bonchev–Trinajstić information content (AvgIpc) is 2.37. The molecular weight excluding hydrogens is 244 g/mol. The smallest absolute Gasteiger partial charge is 0.159 e. The van der Waals surface area contributed by atoms with Gasteiger partial charge in [0.2, 0.25) is 0 Å². The lowest BCUT2D eigenvalue weighted by Crippen LogP contribution is -2.43. The van der Waals surface area contributed by atoms with Crippen LogP contribution in [-0.4, -0.2) is 46.1 Å². The van der Waals surface area contributed by atoms with Crippen LogP contribution in [0.5, 0.6) is 0 Å². The minimum absolute atomic E-state index is 0.102. The third-order valence-electron chi connectivity index (χ3n) is 3.27. The minimum Gasteiger partial charge on any atom is -0.364 e. The van der Waals surface area contributed by atoms with Crippen LogP contribution in [0.1, 0.15) is 40.5 Å². The van der Waals surface area contributed by atoms with Gasteiger partial charge in [0, 0.05) is 20.1 Å². The number of methoxy groups -OCH3 is 1. The maximum absolute atomic E-state index is 5.87. The van der Waals surface area contributed by atoms with Crippen molar-refractivity contribution in [1.29, 1.82) is 0 Å². The zero-order valence-corrected chi connectivity index (χ0v) is 13.6. The summed E-state index contributed by atoms with van der Waals surface area (Å²) in [7, 11) is 5.45. The van der Waals surface area contributed by atoms with E-state index in [1.807, 2.05) is 34.9 Å². The molecule has 0 amide bonds. The molecule has 19 heavy (non-hydrogen) atoms. The number of nitrogens with one attached hydrogen (secondary N) is 2. The fourth-order valence-corrected chi connectivity index (χ4v) is 1.56. The first-order valence-corrected chi connectivity index (χ1v) is 7.03. The summed E-state index contributed by atoms with van der Waals surface area (Å²) in [5, 5.41) is 6.16. The molecule has 0 heterocycles. The van der Waals surface area contributed by atoms with E-state index in [-0.39, 0.29) is 18.2 Å². The van der Waals surface area contributed by atoms with Gasteiger partial charge in [-0.25, -0.2) is 0 Å². The van der Waals surface area contributed by atoms with E-state index in [0.717, 1.165) is 19.4 Å². The summed E-state index contributed by atoms with van der Waals surface area (Å²) < 4.78 is 16.9. The zero-order valence-electron chi connectivity index (χ0n) is 13.6. The first-order valence-electron chi connectivity index (χ1n) is 7.03. The molecule has 5 heteroatoms. The molecular formula is C14H32N2O3. The monoisotopic (exact) mass is 276 g/mol. The van der Waals surface area contributed by atoms with E-state index in [9.17, 15) is 0 Å². The summed E-state index contributed by atoms with van der Waals surface area (Å²) in [6.07, 6.45) is 1.76. The molecule has 3 atom stereocenters. The van der Waals surface area contributed by atoms with E-state index in [1.165, 1.54) is 0 Å². The summed E-state index contributed by atoms with van der Waals surface area (Å²) in [5.74, 6) is 0.488. The van der Waals surface area contributed by atoms with Crippen LogP contribution in [0.15, 0.2) is 0 Å². The van der Waals surface area contributed by atoms with Crippen molar-refractivity contribution in [3.8, 4) is 0 Å². The Hall–Kier alpha value is -0.200. The molecule has 0 aromatic heterocycles. The third kappa shape index (κ3) is 9.35. The van der Waals surface area contributed by atoms with Crippen LogP contribution in [0.25, 0.3) is 0 Å². The Kier molecular flexibility index (Phi) is 9.56. The van der Waals surface area contributed by atoms with Gasteiger partial charge in [-0.2, -0.15) is 0 Å². The topological polar surface area (TPSA) is 51.8 Å². The van der Waals surface area contributed by atoms with Gasteiger partial charge in [0.05, 0.1) is 0 Å². The molecule has 116 valence electrons. The molecule has 0 bridgehead atoms. The maximum Gasteiger partial charge on any atom is 0.159 e. The molecule has 0 saturated heterocycles. The minimum atomic E-state index is -0.377. The molecule has 0 fully saturated rings. The summed E-state index contributed by atoms with van der Waals surface area (Å²) >= 11 is 0. The predicted octanol–water partition coefficient (Wildman–Crippen LogP) is 1.93. The van der Waals surface area contributed by atoms with Gasteiger partial charge in [0.25, 0.3) is 0 Å². The van der Waals surface area contributed by atoms with Gasteiger partial charge in [-0.05, 0) is 47.2 Å². The highest BCUT2D eigenvalue weighted by Gasteiger charge is 2.23. The van der Waals surface area contributed by atoms with Crippen LogP contribution < -0.4 is 10.6 Å². The van der Waals surface area contributed by atoms with Crippen LogP contribution >= 0.6 is 0 Å². The van der Waals surface area contributed by atoms with E-state index in [1.54, 1.807) is 7.11 Å². The quantitative estimate of drug-likeness (QED) is 0.565. The van der Waals surface area contributed by atoms with Gasteiger partial charge < -0.3 is 14.2 Å². The Morgan fingerprint density at radius 2 is 1.79 bits per heavy atom. The van der Waals surface area contributed by atoms with Crippen LogP contribution in [0, 0.1) is 5.92 Å². The number of ether oxygens (including phenoxy) is 3. The molecule has 3 unspecified atom stereocenters. The van der Waals surface area contributed by atoms with Crippen LogP contribution in [0.3, 0.4) is 0 Å². The van der Waals surface area contributed by atoms with Crippen molar-refractivity contribution in [3.05, 3.63) is 0 Å². The molecule has 2 N–H and O–H groups in total. The molecule has 0 rings (SSSR count). The first kappa shape index (κ1) is 18.8. The maximum atomic E-state index is 5.87. The van der Waals surface area contributed by atoms with Gasteiger partial charge in [-0.3, -0.25) is 10.6 Å². The summed E-state index contributed by atoms with van der Waals surface area (Å²) in [6, 6.07) is 0. The fraction of sp³-hybridized carbons (Fsp3) is 1.00. The Morgan fingerprint density at radius 3 is 2.26 bits per heavy atom. The van der Waals surface area contributed by atoms with E-state index in [2.05, 4.69) is 17.6 Å². The van der Waals surface area contributed by atoms with E-state index in [4.69, 9.17) is 14.2 Å². The van der Waals surface area contributed by atoms with E-state index >= 15 is 0 Å². The number of hydrogen-bond acceptors (Lipinski definition) is 5. The van der Waals surface area contributed by atoms with Crippen molar-refractivity contribution in [1.82, 2.24) is 10.6 Å². The fourth-order valence-electron chi connectivity index (χ4n) is 1.56. The Morgan fingerprint density at radius 1 is 1.16 bits per heavy atom. The predicted molar refractivity (Wildman–Crippen MR) is 77.9 cm³/mol. The van der Waals surface area contributed by atoms with Crippen molar-refractivity contribution in [2.24, 2.45) is 5.92 Å². The number of rotatable bonds is 11. The number of hydrogen-bond donors (Lipinski definition) is 2. The van der Waals surface area contributed by atoms with Gasteiger partial charge >= 0.3 is 0 Å². The van der Waals surface area contributed by atoms with Crippen molar-refractivity contribution < 1.29 is 14.2 Å². The summed E-state index contributed by atoms with van der Waals surface area (Å²) in [5.41, 5.74) is -0.377. The van der Waals surface area contributed by atoms with Crippen LogP contribution in [0.4, 0.5) is 0 Å². The highest BCUT2D eigenvalue weighted by molar-refractivity contribution is 4.65. The molecule has 0 radical (unpaired) electrons. The highest BCUT2D eigenvalue weighted by Crippen LogP contribution is 2.18. The Bertz CT molecular complexity index is 225. The summed E-state index contributed by atoms with van der Waals surface area (Å²) in [6.45, 7) is 8.91. The third-order valence-corrected chi connectivity index (χ3v) is 3.27. The van der Waals surface area contributed by atoms with Gasteiger partial charge in [-0.1, -0.05) is 6.92 Å². The molecule has 0 saturated carbocycles. The Balaban J connectivity index is 3.96. The standard InChI is InChI=1S/C14H32N2O3/c1-11(8-9-18-12(2)15-5)10-13(17-7)19-14(3,4)16-6/h11-13,15-16H,8-10H2,1-7H3. The molecule has 0 aliphatic rings. The lowest BCUT2D eigenvalue weighted by Gasteiger charge is -2.31. The van der Waals surface area contributed by atoms with Crippen molar-refractivity contribution in [3.63, 3.8) is 0 Å². The molecule has 0 aromatic rings. The second-order valence-electron chi connectivity index (χ2n) is 5.47. The molecule has 0 aliphatic heterocycles. The second kappa shape index (κ2) is 9.66. The van der Waals surface area contributed by atoms with Crippen LogP contribution in [0.2, 0.25) is 0 Å². The molecule has 0 aromatic carbocycles. The van der Waals surface area contributed by atoms with E-state index in [0.29, 0.717) is 5.92 Å². The van der Waals surface area contributed by atoms with Crippen molar-refractivity contribution in [2.75, 3.05) is 27.8 Å². The zero-order chi connectivity index (χ0) is 14.9. The van der Waals surface area contributed by atoms with Gasteiger partial charge in [0.1, 0.15) is 12.0 Å². The van der Waals surface area contributed by atoms with Crippen molar-refractivity contribution in [2.45, 2.75) is 58.8 Å². The normalized spacial score (nSPS) is 17.2. The second-order valence-corrected chi connectivity index (χ2v) is 5.47. The molecule has 0 aliphatic carbocycles. The molecule has 0 spiro atoms. The van der Waals surface area contributed by atoms with Gasteiger partial charge in [-0.15, -0.1) is 0 Å². The first-order chi connectivity index (χ1) is 8.84.